The van der Waals surface area contributed by atoms with E-state index in [2.05, 4.69) is 6.07 Å². The molecule has 0 aliphatic carbocycles. The largest absolute Gasteiger partial charge is 0.492 e. The van der Waals surface area contributed by atoms with E-state index in [4.69, 9.17) is 4.74 Å². The van der Waals surface area contributed by atoms with Gasteiger partial charge >= 0.3 is 0 Å². The molecule has 0 fully saturated rings. The van der Waals surface area contributed by atoms with Crippen molar-refractivity contribution in [3.8, 4) is 5.75 Å². The van der Waals surface area contributed by atoms with Crippen LogP contribution in [0.2, 0.25) is 0 Å². The van der Waals surface area contributed by atoms with Gasteiger partial charge in [0, 0.05) is 6.54 Å². The second-order valence-electron chi connectivity index (χ2n) is 6.21. The number of imide groups is 1. The Morgan fingerprint density at radius 3 is 2.52 bits per heavy atom. The molecule has 2 aliphatic heterocycles. The Bertz CT molecular complexity index is 798. The number of nitrogens with zero attached hydrogens (tertiary/aromatic N) is 1. The van der Waals surface area contributed by atoms with E-state index >= 15 is 0 Å². The molecular formula is C20H19NO3S. The Balaban J connectivity index is 1.35. The van der Waals surface area contributed by atoms with E-state index in [0.29, 0.717) is 30.7 Å². The molecule has 4 rings (SSSR count). The minimum absolute atomic E-state index is 0.201. The molecule has 4 nitrogen and oxygen atoms in total. The average Bonchev–Trinajstić information content (AvgIpc) is 2.90. The van der Waals surface area contributed by atoms with Crippen LogP contribution in [-0.4, -0.2) is 35.6 Å². The van der Waals surface area contributed by atoms with Crippen molar-refractivity contribution in [2.75, 3.05) is 18.9 Å². The number of amides is 2. The predicted molar refractivity (Wildman–Crippen MR) is 97.4 cm³/mol. The van der Waals surface area contributed by atoms with Crippen LogP contribution in [0.25, 0.3) is 0 Å². The number of hydrogen-bond donors (Lipinski definition) is 0. The fourth-order valence-electron chi connectivity index (χ4n) is 3.32. The molecule has 0 saturated carbocycles. The van der Waals surface area contributed by atoms with Gasteiger partial charge in [-0.25, -0.2) is 0 Å². The second kappa shape index (κ2) is 6.92. The van der Waals surface area contributed by atoms with Gasteiger partial charge in [0.25, 0.3) is 11.8 Å². The van der Waals surface area contributed by atoms with Crippen LogP contribution in [0, 0.1) is 0 Å². The maximum absolute atomic E-state index is 12.3. The Kier molecular flexibility index (Phi) is 4.49. The number of carbonyl (C=O) groups is 2. The maximum atomic E-state index is 12.3. The van der Waals surface area contributed by atoms with Crippen molar-refractivity contribution in [3.05, 3.63) is 59.2 Å². The van der Waals surface area contributed by atoms with Gasteiger partial charge in [0.2, 0.25) is 0 Å². The van der Waals surface area contributed by atoms with Gasteiger partial charge < -0.3 is 4.74 Å². The zero-order valence-electron chi connectivity index (χ0n) is 13.9. The molecule has 0 spiro atoms. The number of thioether (sulfide) groups is 1. The Labute approximate surface area is 151 Å². The van der Waals surface area contributed by atoms with Crippen molar-refractivity contribution in [1.82, 2.24) is 4.90 Å². The normalized spacial score (nSPS) is 15.9. The van der Waals surface area contributed by atoms with Crippen LogP contribution < -0.4 is 4.74 Å². The van der Waals surface area contributed by atoms with Crippen molar-refractivity contribution >= 4 is 23.6 Å². The summed E-state index contributed by atoms with van der Waals surface area (Å²) >= 11 is 1.85. The molecule has 5 heteroatoms. The van der Waals surface area contributed by atoms with E-state index < -0.39 is 0 Å². The van der Waals surface area contributed by atoms with Gasteiger partial charge in [-0.05, 0) is 48.8 Å². The van der Waals surface area contributed by atoms with Crippen molar-refractivity contribution in [1.29, 1.82) is 0 Å². The average molecular weight is 353 g/mol. The van der Waals surface area contributed by atoms with Crippen LogP contribution in [0.3, 0.4) is 0 Å². The summed E-state index contributed by atoms with van der Waals surface area (Å²) in [7, 11) is 0. The predicted octanol–water partition coefficient (Wildman–Crippen LogP) is 3.79. The van der Waals surface area contributed by atoms with E-state index in [1.54, 1.807) is 24.3 Å². The molecule has 0 atom stereocenters. The highest BCUT2D eigenvalue weighted by molar-refractivity contribution is 7.99. The van der Waals surface area contributed by atoms with E-state index in [1.165, 1.54) is 21.8 Å². The first-order chi connectivity index (χ1) is 12.3. The number of fused-ring (bicyclic) bond motifs is 2. The van der Waals surface area contributed by atoms with Gasteiger partial charge in [0.05, 0.1) is 22.6 Å². The summed E-state index contributed by atoms with van der Waals surface area (Å²) in [5.74, 6) is 1.65. The first-order valence-electron chi connectivity index (χ1n) is 8.58. The molecule has 0 saturated heterocycles. The number of aryl methyl sites for hydroxylation is 1. The fraction of sp³-hybridized carbons (Fsp3) is 0.300. The summed E-state index contributed by atoms with van der Waals surface area (Å²) in [6.07, 6.45) is 2.94. The first-order valence-corrected chi connectivity index (χ1v) is 9.57. The zero-order valence-corrected chi connectivity index (χ0v) is 14.7. The summed E-state index contributed by atoms with van der Waals surface area (Å²) < 4.78 is 5.94. The Hall–Kier alpha value is -2.27. The number of rotatable bonds is 5. The van der Waals surface area contributed by atoms with Crippen molar-refractivity contribution in [2.45, 2.75) is 24.2 Å². The lowest BCUT2D eigenvalue weighted by atomic mass is 10.1. The maximum Gasteiger partial charge on any atom is 0.261 e. The minimum Gasteiger partial charge on any atom is -0.492 e. The molecule has 2 heterocycles. The number of benzene rings is 2. The highest BCUT2D eigenvalue weighted by Crippen LogP contribution is 2.37. The van der Waals surface area contributed by atoms with Crippen LogP contribution in [-0.2, 0) is 6.42 Å². The molecule has 2 aliphatic rings. The van der Waals surface area contributed by atoms with Crippen LogP contribution in [0.5, 0.6) is 5.75 Å². The van der Waals surface area contributed by atoms with Crippen molar-refractivity contribution in [2.24, 2.45) is 0 Å². The molecule has 0 radical (unpaired) electrons. The summed E-state index contributed by atoms with van der Waals surface area (Å²) in [4.78, 5) is 27.2. The first kappa shape index (κ1) is 16.2. The molecule has 0 N–H and O–H groups in total. The van der Waals surface area contributed by atoms with Gasteiger partial charge in [-0.2, -0.15) is 0 Å². The fourth-order valence-corrected chi connectivity index (χ4v) is 4.44. The third-order valence-electron chi connectivity index (χ3n) is 4.56. The van der Waals surface area contributed by atoms with Gasteiger partial charge in [0.1, 0.15) is 5.75 Å². The molecule has 25 heavy (non-hydrogen) atoms. The van der Waals surface area contributed by atoms with Crippen molar-refractivity contribution < 1.29 is 14.3 Å². The summed E-state index contributed by atoms with van der Waals surface area (Å²) in [6.45, 7) is 0.874. The lowest BCUT2D eigenvalue weighted by Gasteiger charge is -2.19. The molecular weight excluding hydrogens is 334 g/mol. The van der Waals surface area contributed by atoms with Crippen LogP contribution >= 0.6 is 11.8 Å². The molecule has 128 valence electrons. The lowest BCUT2D eigenvalue weighted by molar-refractivity contribution is 0.0646. The zero-order chi connectivity index (χ0) is 17.2. The van der Waals surface area contributed by atoms with Gasteiger partial charge in [-0.3, -0.25) is 14.5 Å². The smallest absolute Gasteiger partial charge is 0.261 e. The number of hydrogen-bond acceptors (Lipinski definition) is 4. The van der Waals surface area contributed by atoms with Gasteiger partial charge in [-0.1, -0.05) is 24.3 Å². The SMILES string of the molecule is O=C1c2ccccc2C(=O)N1CCCOc1cccc2c1SCCC2. The van der Waals surface area contributed by atoms with Gasteiger partial charge in [-0.15, -0.1) is 11.8 Å². The highest BCUT2D eigenvalue weighted by Gasteiger charge is 2.34. The van der Waals surface area contributed by atoms with Crippen LogP contribution in [0.1, 0.15) is 39.1 Å². The highest BCUT2D eigenvalue weighted by atomic mass is 32.2. The lowest BCUT2D eigenvalue weighted by Crippen LogP contribution is -2.31. The second-order valence-corrected chi connectivity index (χ2v) is 7.31. The molecule has 0 aromatic heterocycles. The molecule has 0 unspecified atom stereocenters. The molecule has 0 bridgehead atoms. The van der Waals surface area contributed by atoms with E-state index in [1.807, 2.05) is 23.9 Å². The van der Waals surface area contributed by atoms with Gasteiger partial charge in [0.15, 0.2) is 0 Å². The topological polar surface area (TPSA) is 46.6 Å². The van der Waals surface area contributed by atoms with Crippen LogP contribution in [0.15, 0.2) is 47.4 Å². The third-order valence-corrected chi connectivity index (χ3v) is 5.80. The summed E-state index contributed by atoms with van der Waals surface area (Å²) in [6, 6.07) is 13.2. The number of carbonyl (C=O) groups excluding carboxylic acids is 2. The number of ether oxygens (including phenoxy) is 1. The minimum atomic E-state index is -0.201. The summed E-state index contributed by atoms with van der Waals surface area (Å²) in [5.41, 5.74) is 2.36. The van der Waals surface area contributed by atoms with E-state index in [0.717, 1.165) is 17.9 Å². The standard InChI is InChI=1S/C20H19NO3S/c22-19-15-8-1-2-9-16(15)20(23)21(19)11-5-12-24-17-10-3-6-14-7-4-13-25-18(14)17/h1-3,6,8-10H,4-5,7,11-13H2. The third kappa shape index (κ3) is 3.04. The Morgan fingerprint density at radius 2 is 1.76 bits per heavy atom. The molecule has 2 aromatic rings. The molecule has 2 aromatic carbocycles. The Morgan fingerprint density at radius 1 is 1.00 bits per heavy atom. The quantitative estimate of drug-likeness (QED) is 0.606. The molecule has 2 amide bonds. The van der Waals surface area contributed by atoms with Crippen molar-refractivity contribution in [3.63, 3.8) is 0 Å². The van der Waals surface area contributed by atoms with Crippen LogP contribution in [0.4, 0.5) is 0 Å². The van der Waals surface area contributed by atoms with E-state index in [9.17, 15) is 9.59 Å². The monoisotopic (exact) mass is 353 g/mol. The summed E-state index contributed by atoms with van der Waals surface area (Å²) in [5, 5.41) is 0. The van der Waals surface area contributed by atoms with E-state index in [-0.39, 0.29) is 11.8 Å².